The molecule has 2 heteroatoms. The topological polar surface area (TPSA) is 40.1 Å². The Hall–Kier alpha value is -1.31. The lowest BCUT2D eigenvalue weighted by atomic mass is 10.1. The molecule has 0 aromatic heterocycles. The third-order valence-corrected chi connectivity index (χ3v) is 3.03. The molecule has 0 rings (SSSR count). The highest BCUT2D eigenvalue weighted by Gasteiger charge is 1.90. The van der Waals surface area contributed by atoms with Crippen LogP contribution in [0.3, 0.4) is 0 Å². The highest BCUT2D eigenvalue weighted by molar-refractivity contribution is 5.63. The summed E-state index contributed by atoms with van der Waals surface area (Å²) in [5.74, 6) is -0.927. The SMILES string of the molecule is CCC/C=C/C/C=C/C=C/CCCCCCCC(=O)[O-]. The van der Waals surface area contributed by atoms with Crippen molar-refractivity contribution in [1.82, 2.24) is 0 Å². The average molecular weight is 277 g/mol. The fourth-order valence-electron chi connectivity index (χ4n) is 1.85. The van der Waals surface area contributed by atoms with Crippen LogP contribution >= 0.6 is 0 Å². The van der Waals surface area contributed by atoms with Crippen LogP contribution in [0.1, 0.15) is 71.1 Å². The first kappa shape index (κ1) is 18.7. The van der Waals surface area contributed by atoms with Crippen molar-refractivity contribution in [3.8, 4) is 0 Å². The molecule has 0 amide bonds. The molecule has 2 nitrogen and oxygen atoms in total. The van der Waals surface area contributed by atoms with E-state index in [0.717, 1.165) is 32.1 Å². The molecule has 0 saturated carbocycles. The zero-order valence-electron chi connectivity index (χ0n) is 12.9. The van der Waals surface area contributed by atoms with Gasteiger partial charge >= 0.3 is 0 Å². The Bertz CT molecular complexity index is 301. The van der Waals surface area contributed by atoms with Gasteiger partial charge in [-0.1, -0.05) is 69.1 Å². The maximum atomic E-state index is 10.2. The van der Waals surface area contributed by atoms with Crippen molar-refractivity contribution < 1.29 is 9.90 Å². The standard InChI is InChI=1S/C18H30O2/c1-2-3-4-5-6-7-8-9-10-11-12-13-14-15-16-17-18(19)20/h4-5,7-10H,2-3,6,11-17H2,1H3,(H,19,20)/p-1/b5-4+,8-7+,10-9+. The Morgan fingerprint density at radius 2 is 1.55 bits per heavy atom. The van der Waals surface area contributed by atoms with Crippen molar-refractivity contribution in [2.45, 2.75) is 71.1 Å². The van der Waals surface area contributed by atoms with Crippen molar-refractivity contribution in [3.63, 3.8) is 0 Å². The normalized spacial score (nSPS) is 12.1. The van der Waals surface area contributed by atoms with E-state index in [1.54, 1.807) is 0 Å². The minimum absolute atomic E-state index is 0.206. The first-order chi connectivity index (χ1) is 9.77. The number of unbranched alkanes of at least 4 members (excludes halogenated alkanes) is 6. The Labute approximate surface area is 124 Å². The number of carboxylic acid groups (broad SMARTS) is 1. The molecule has 0 aromatic rings. The van der Waals surface area contributed by atoms with Gasteiger partial charge in [-0.25, -0.2) is 0 Å². The fraction of sp³-hybridized carbons (Fsp3) is 0.611. The van der Waals surface area contributed by atoms with Crippen molar-refractivity contribution in [1.29, 1.82) is 0 Å². The second-order valence-corrected chi connectivity index (χ2v) is 5.03. The lowest BCUT2D eigenvalue weighted by molar-refractivity contribution is -0.305. The van der Waals surface area contributed by atoms with Crippen LogP contribution in [0.2, 0.25) is 0 Å². The van der Waals surface area contributed by atoms with Gasteiger partial charge in [0.25, 0.3) is 0 Å². The number of aliphatic carboxylic acids is 1. The molecule has 0 aliphatic heterocycles. The van der Waals surface area contributed by atoms with Gasteiger partial charge in [-0.3, -0.25) is 0 Å². The van der Waals surface area contributed by atoms with Gasteiger partial charge in [0.15, 0.2) is 0 Å². The third kappa shape index (κ3) is 16.7. The predicted molar refractivity (Wildman–Crippen MR) is 84.3 cm³/mol. The maximum Gasteiger partial charge on any atom is 0.0414 e. The summed E-state index contributed by atoms with van der Waals surface area (Å²) in [6.07, 6.45) is 23.0. The molecule has 0 fully saturated rings. The average Bonchev–Trinajstić information content (AvgIpc) is 2.43. The molecule has 0 radical (unpaired) electrons. The van der Waals surface area contributed by atoms with E-state index in [-0.39, 0.29) is 6.42 Å². The lowest BCUT2D eigenvalue weighted by Crippen LogP contribution is -2.21. The zero-order chi connectivity index (χ0) is 14.9. The fourth-order valence-corrected chi connectivity index (χ4v) is 1.85. The van der Waals surface area contributed by atoms with Crippen LogP contribution < -0.4 is 5.11 Å². The van der Waals surface area contributed by atoms with Crippen molar-refractivity contribution in [3.05, 3.63) is 36.5 Å². The third-order valence-electron chi connectivity index (χ3n) is 3.03. The molecule has 0 bridgehead atoms. The van der Waals surface area contributed by atoms with Gasteiger partial charge in [0.05, 0.1) is 0 Å². The van der Waals surface area contributed by atoms with E-state index in [9.17, 15) is 9.90 Å². The summed E-state index contributed by atoms with van der Waals surface area (Å²) in [6, 6.07) is 0. The quantitative estimate of drug-likeness (QED) is 0.286. The summed E-state index contributed by atoms with van der Waals surface area (Å²) in [6.45, 7) is 2.19. The lowest BCUT2D eigenvalue weighted by Gasteiger charge is -2.01. The summed E-state index contributed by atoms with van der Waals surface area (Å²) in [4.78, 5) is 10.2. The molecule has 0 heterocycles. The van der Waals surface area contributed by atoms with Crippen molar-refractivity contribution in [2.75, 3.05) is 0 Å². The number of carbonyl (C=O) groups excluding carboxylic acids is 1. The first-order valence-corrected chi connectivity index (χ1v) is 7.94. The molecule has 0 aliphatic carbocycles. The molecular weight excluding hydrogens is 248 g/mol. The molecule has 0 saturated heterocycles. The van der Waals surface area contributed by atoms with E-state index in [1.807, 2.05) is 0 Å². The van der Waals surface area contributed by atoms with Crippen LogP contribution in [0.25, 0.3) is 0 Å². The summed E-state index contributed by atoms with van der Waals surface area (Å²) < 4.78 is 0. The number of carbonyl (C=O) groups is 1. The Kier molecular flexibility index (Phi) is 14.7. The Balaban J connectivity index is 3.27. The van der Waals surface area contributed by atoms with Crippen LogP contribution in [0.4, 0.5) is 0 Å². The number of allylic oxidation sites excluding steroid dienone is 6. The van der Waals surface area contributed by atoms with E-state index in [0.29, 0.717) is 0 Å². The van der Waals surface area contributed by atoms with Crippen LogP contribution in [0.5, 0.6) is 0 Å². The molecule has 114 valence electrons. The highest BCUT2D eigenvalue weighted by atomic mass is 16.4. The number of carboxylic acids is 1. The van der Waals surface area contributed by atoms with E-state index in [1.165, 1.54) is 25.7 Å². The van der Waals surface area contributed by atoms with Crippen LogP contribution in [-0.4, -0.2) is 5.97 Å². The second kappa shape index (κ2) is 15.7. The van der Waals surface area contributed by atoms with E-state index < -0.39 is 5.97 Å². The smallest absolute Gasteiger partial charge is 0.0414 e. The van der Waals surface area contributed by atoms with Gasteiger partial charge in [-0.15, -0.1) is 0 Å². The minimum atomic E-state index is -0.927. The number of hydrogen-bond donors (Lipinski definition) is 0. The van der Waals surface area contributed by atoms with Gasteiger partial charge < -0.3 is 9.90 Å². The van der Waals surface area contributed by atoms with E-state index in [2.05, 4.69) is 43.4 Å². The van der Waals surface area contributed by atoms with Crippen LogP contribution in [-0.2, 0) is 4.79 Å². The van der Waals surface area contributed by atoms with Crippen LogP contribution in [0, 0.1) is 0 Å². The van der Waals surface area contributed by atoms with Crippen molar-refractivity contribution in [2.24, 2.45) is 0 Å². The van der Waals surface area contributed by atoms with Gasteiger partial charge in [0.1, 0.15) is 0 Å². The summed E-state index contributed by atoms with van der Waals surface area (Å²) in [5, 5.41) is 10.2. The molecule has 0 atom stereocenters. The van der Waals surface area contributed by atoms with Gasteiger partial charge in [-0.05, 0) is 38.5 Å². The monoisotopic (exact) mass is 277 g/mol. The Morgan fingerprint density at radius 1 is 0.850 bits per heavy atom. The minimum Gasteiger partial charge on any atom is -0.550 e. The zero-order valence-corrected chi connectivity index (χ0v) is 12.9. The van der Waals surface area contributed by atoms with Gasteiger partial charge in [-0.2, -0.15) is 0 Å². The molecule has 0 N–H and O–H groups in total. The van der Waals surface area contributed by atoms with Gasteiger partial charge in [0.2, 0.25) is 0 Å². The summed E-state index contributed by atoms with van der Waals surface area (Å²) in [5.41, 5.74) is 0. The highest BCUT2D eigenvalue weighted by Crippen LogP contribution is 2.07. The predicted octanol–water partition coefficient (Wildman–Crippen LogP) is 4.33. The van der Waals surface area contributed by atoms with E-state index in [4.69, 9.17) is 0 Å². The second-order valence-electron chi connectivity index (χ2n) is 5.03. The largest absolute Gasteiger partial charge is 0.550 e. The maximum absolute atomic E-state index is 10.2. The van der Waals surface area contributed by atoms with Crippen LogP contribution in [0.15, 0.2) is 36.5 Å². The molecule has 0 spiro atoms. The molecule has 20 heavy (non-hydrogen) atoms. The Morgan fingerprint density at radius 3 is 2.30 bits per heavy atom. The van der Waals surface area contributed by atoms with E-state index >= 15 is 0 Å². The summed E-state index contributed by atoms with van der Waals surface area (Å²) in [7, 11) is 0. The number of rotatable bonds is 13. The number of hydrogen-bond acceptors (Lipinski definition) is 2. The summed E-state index contributed by atoms with van der Waals surface area (Å²) >= 11 is 0. The molecule has 0 unspecified atom stereocenters. The molecule has 0 aliphatic rings. The molecule has 0 aromatic carbocycles. The van der Waals surface area contributed by atoms with Gasteiger partial charge in [0, 0.05) is 5.97 Å². The van der Waals surface area contributed by atoms with Crippen molar-refractivity contribution >= 4 is 5.97 Å². The molecular formula is C18H29O2-. The first-order valence-electron chi connectivity index (χ1n) is 7.94.